The van der Waals surface area contributed by atoms with E-state index in [0.717, 1.165) is 29.5 Å². The SMILES string of the molecule is Cc1csc(N(CCCN)c2ccc(F)cc2)n1. The Hall–Kier alpha value is -1.46. The number of nitrogens with zero attached hydrogens (tertiary/aromatic N) is 2. The lowest BCUT2D eigenvalue weighted by molar-refractivity contribution is 0.627. The number of hydrogen-bond donors (Lipinski definition) is 1. The number of nitrogens with two attached hydrogens (primary N) is 1. The van der Waals surface area contributed by atoms with Crippen LogP contribution in [0.3, 0.4) is 0 Å². The van der Waals surface area contributed by atoms with Crippen LogP contribution < -0.4 is 10.6 Å². The summed E-state index contributed by atoms with van der Waals surface area (Å²) in [6.45, 7) is 3.38. The van der Waals surface area contributed by atoms with E-state index in [1.54, 1.807) is 23.5 Å². The molecule has 0 unspecified atom stereocenters. The van der Waals surface area contributed by atoms with E-state index < -0.39 is 0 Å². The van der Waals surface area contributed by atoms with Gasteiger partial charge in [0.25, 0.3) is 0 Å². The fourth-order valence-electron chi connectivity index (χ4n) is 1.67. The lowest BCUT2D eigenvalue weighted by Gasteiger charge is -2.21. The predicted molar refractivity (Wildman–Crippen MR) is 73.9 cm³/mol. The Kier molecular flexibility index (Phi) is 4.28. The van der Waals surface area contributed by atoms with Crippen LogP contribution in [0.15, 0.2) is 29.6 Å². The normalized spacial score (nSPS) is 10.6. The van der Waals surface area contributed by atoms with Crippen molar-refractivity contribution in [2.45, 2.75) is 13.3 Å². The molecule has 0 aliphatic heterocycles. The Balaban J connectivity index is 2.27. The smallest absolute Gasteiger partial charge is 0.190 e. The van der Waals surface area contributed by atoms with Crippen molar-refractivity contribution in [1.82, 2.24) is 4.98 Å². The third kappa shape index (κ3) is 3.05. The van der Waals surface area contributed by atoms with Crippen LogP contribution >= 0.6 is 11.3 Å². The van der Waals surface area contributed by atoms with E-state index in [-0.39, 0.29) is 5.82 Å². The van der Waals surface area contributed by atoms with Crippen LogP contribution in [0.5, 0.6) is 0 Å². The summed E-state index contributed by atoms with van der Waals surface area (Å²) in [5.74, 6) is -0.229. The van der Waals surface area contributed by atoms with Crippen LogP contribution in [0.25, 0.3) is 0 Å². The molecule has 5 heteroatoms. The number of thiazole rings is 1. The zero-order valence-electron chi connectivity index (χ0n) is 10.3. The summed E-state index contributed by atoms with van der Waals surface area (Å²) in [7, 11) is 0. The first-order valence-electron chi connectivity index (χ1n) is 5.86. The van der Waals surface area contributed by atoms with Crippen LogP contribution in [0.1, 0.15) is 12.1 Å². The van der Waals surface area contributed by atoms with E-state index in [0.29, 0.717) is 6.54 Å². The average Bonchev–Trinajstić information content (AvgIpc) is 2.78. The minimum absolute atomic E-state index is 0.229. The molecule has 0 bridgehead atoms. The molecule has 0 aliphatic carbocycles. The van der Waals surface area contributed by atoms with Crippen molar-refractivity contribution < 1.29 is 4.39 Å². The van der Waals surface area contributed by atoms with Gasteiger partial charge in [0.15, 0.2) is 5.13 Å². The quantitative estimate of drug-likeness (QED) is 0.903. The molecule has 0 fully saturated rings. The summed E-state index contributed by atoms with van der Waals surface area (Å²) in [6, 6.07) is 6.46. The second-order valence-electron chi connectivity index (χ2n) is 4.04. The van der Waals surface area contributed by atoms with Crippen molar-refractivity contribution in [3.63, 3.8) is 0 Å². The summed E-state index contributed by atoms with van der Waals surface area (Å²) >= 11 is 1.59. The van der Waals surface area contributed by atoms with Crippen LogP contribution in [0, 0.1) is 12.7 Å². The highest BCUT2D eigenvalue weighted by molar-refractivity contribution is 7.13. The third-order valence-electron chi connectivity index (χ3n) is 2.56. The first kappa shape index (κ1) is 13.0. The molecule has 2 rings (SSSR count). The van der Waals surface area contributed by atoms with Gasteiger partial charge in [-0.2, -0.15) is 0 Å². The van der Waals surface area contributed by atoms with Gasteiger partial charge in [0.05, 0.1) is 5.69 Å². The lowest BCUT2D eigenvalue weighted by atomic mass is 10.2. The number of hydrogen-bond acceptors (Lipinski definition) is 4. The van der Waals surface area contributed by atoms with E-state index in [9.17, 15) is 4.39 Å². The lowest BCUT2D eigenvalue weighted by Crippen LogP contribution is -2.20. The number of halogens is 1. The molecule has 1 aromatic heterocycles. The molecule has 2 aromatic rings. The molecule has 0 spiro atoms. The second-order valence-corrected chi connectivity index (χ2v) is 4.88. The molecule has 3 nitrogen and oxygen atoms in total. The van der Waals surface area contributed by atoms with E-state index in [1.165, 1.54) is 12.1 Å². The van der Waals surface area contributed by atoms with Crippen molar-refractivity contribution in [2.75, 3.05) is 18.0 Å². The van der Waals surface area contributed by atoms with Gasteiger partial charge in [0.2, 0.25) is 0 Å². The van der Waals surface area contributed by atoms with Crippen molar-refractivity contribution in [2.24, 2.45) is 5.73 Å². The maximum Gasteiger partial charge on any atom is 0.190 e. The standard InChI is InChI=1S/C13H16FN3S/c1-10-9-18-13(16-10)17(8-2-7-15)12-5-3-11(14)4-6-12/h3-6,9H,2,7-8,15H2,1H3. The van der Waals surface area contributed by atoms with Gasteiger partial charge in [0, 0.05) is 17.6 Å². The summed E-state index contributed by atoms with van der Waals surface area (Å²) in [4.78, 5) is 6.55. The molecular weight excluding hydrogens is 249 g/mol. The van der Waals surface area contributed by atoms with Crippen LogP contribution in [0.4, 0.5) is 15.2 Å². The van der Waals surface area contributed by atoms with Gasteiger partial charge >= 0.3 is 0 Å². The summed E-state index contributed by atoms with van der Waals surface area (Å²) < 4.78 is 13.0. The van der Waals surface area contributed by atoms with Gasteiger partial charge in [0.1, 0.15) is 5.82 Å². The monoisotopic (exact) mass is 265 g/mol. The van der Waals surface area contributed by atoms with E-state index >= 15 is 0 Å². The summed E-state index contributed by atoms with van der Waals surface area (Å²) in [5, 5.41) is 2.93. The minimum atomic E-state index is -0.229. The van der Waals surface area contributed by atoms with Crippen LogP contribution in [0.2, 0.25) is 0 Å². The van der Waals surface area contributed by atoms with E-state index in [2.05, 4.69) is 9.88 Å². The largest absolute Gasteiger partial charge is 0.330 e. The number of aryl methyl sites for hydroxylation is 1. The molecule has 0 atom stereocenters. The Morgan fingerprint density at radius 2 is 2.06 bits per heavy atom. The van der Waals surface area contributed by atoms with Gasteiger partial charge in [-0.15, -0.1) is 11.3 Å². The molecule has 1 heterocycles. The first-order chi connectivity index (χ1) is 8.70. The summed E-state index contributed by atoms with van der Waals surface area (Å²) in [6.07, 6.45) is 0.871. The van der Waals surface area contributed by atoms with E-state index in [4.69, 9.17) is 5.73 Å². The third-order valence-corrected chi connectivity index (χ3v) is 3.54. The first-order valence-corrected chi connectivity index (χ1v) is 6.74. The highest BCUT2D eigenvalue weighted by Gasteiger charge is 2.12. The molecule has 96 valence electrons. The highest BCUT2D eigenvalue weighted by atomic mass is 32.1. The molecule has 0 saturated carbocycles. The van der Waals surface area contributed by atoms with Gasteiger partial charge < -0.3 is 10.6 Å². The zero-order valence-corrected chi connectivity index (χ0v) is 11.1. The second kappa shape index (κ2) is 5.93. The number of aromatic nitrogens is 1. The number of rotatable bonds is 5. The maximum atomic E-state index is 13.0. The van der Waals surface area contributed by atoms with Gasteiger partial charge in [-0.25, -0.2) is 9.37 Å². The van der Waals surface area contributed by atoms with Gasteiger partial charge in [-0.3, -0.25) is 0 Å². The molecular formula is C13H16FN3S. The molecule has 0 amide bonds. The Morgan fingerprint density at radius 3 is 2.61 bits per heavy atom. The van der Waals surface area contributed by atoms with Crippen molar-refractivity contribution in [3.05, 3.63) is 41.2 Å². The molecule has 0 saturated heterocycles. The van der Waals surface area contributed by atoms with Crippen molar-refractivity contribution in [1.29, 1.82) is 0 Å². The van der Waals surface area contributed by atoms with Crippen LogP contribution in [-0.4, -0.2) is 18.1 Å². The Bertz CT molecular complexity index is 495. The van der Waals surface area contributed by atoms with Crippen molar-refractivity contribution >= 4 is 22.2 Å². The number of anilines is 2. The van der Waals surface area contributed by atoms with Gasteiger partial charge in [-0.1, -0.05) is 0 Å². The van der Waals surface area contributed by atoms with Gasteiger partial charge in [-0.05, 0) is 44.2 Å². The Morgan fingerprint density at radius 1 is 1.33 bits per heavy atom. The van der Waals surface area contributed by atoms with Crippen molar-refractivity contribution in [3.8, 4) is 0 Å². The molecule has 0 radical (unpaired) electrons. The average molecular weight is 265 g/mol. The fraction of sp³-hybridized carbons (Fsp3) is 0.308. The van der Waals surface area contributed by atoms with E-state index in [1.807, 2.05) is 12.3 Å². The Labute approximate surface area is 110 Å². The molecule has 0 aliphatic rings. The highest BCUT2D eigenvalue weighted by Crippen LogP contribution is 2.28. The molecule has 18 heavy (non-hydrogen) atoms. The fourth-order valence-corrected chi connectivity index (χ4v) is 2.52. The van der Waals surface area contributed by atoms with Crippen LogP contribution in [-0.2, 0) is 0 Å². The molecule has 2 N–H and O–H groups in total. The zero-order chi connectivity index (χ0) is 13.0. The minimum Gasteiger partial charge on any atom is -0.330 e. The number of benzene rings is 1. The molecule has 1 aromatic carbocycles. The predicted octanol–water partition coefficient (Wildman–Crippen LogP) is 3.08. The maximum absolute atomic E-state index is 13.0. The summed E-state index contributed by atoms with van der Waals surface area (Å²) in [5.41, 5.74) is 7.50. The topological polar surface area (TPSA) is 42.1 Å².